The molecular formula is C19H11F3N4. The summed E-state index contributed by atoms with van der Waals surface area (Å²) in [6, 6.07) is 12.6. The number of rotatable bonds is 3. The molecule has 7 heteroatoms. The van der Waals surface area contributed by atoms with E-state index in [-0.39, 0.29) is 16.8 Å². The van der Waals surface area contributed by atoms with Gasteiger partial charge in [-0.1, -0.05) is 23.4 Å². The fourth-order valence-corrected chi connectivity index (χ4v) is 2.61. The quantitative estimate of drug-likeness (QED) is 0.548. The number of pyridine rings is 1. The molecule has 0 unspecified atom stereocenters. The Labute approximate surface area is 146 Å². The van der Waals surface area contributed by atoms with Crippen molar-refractivity contribution in [3.8, 4) is 28.2 Å². The summed E-state index contributed by atoms with van der Waals surface area (Å²) in [6.45, 7) is 0. The van der Waals surface area contributed by atoms with Crippen molar-refractivity contribution in [2.75, 3.05) is 0 Å². The average Bonchev–Trinajstić information content (AvgIpc) is 3.14. The highest BCUT2D eigenvalue weighted by Crippen LogP contribution is 2.28. The molecule has 0 aliphatic carbocycles. The molecule has 0 bridgehead atoms. The summed E-state index contributed by atoms with van der Waals surface area (Å²) >= 11 is 0. The second kappa shape index (κ2) is 6.44. The molecule has 2 aromatic carbocycles. The number of hydrogen-bond acceptors (Lipinski definition) is 3. The molecule has 4 aromatic rings. The van der Waals surface area contributed by atoms with Gasteiger partial charge in [-0.3, -0.25) is 4.98 Å². The van der Waals surface area contributed by atoms with Crippen LogP contribution in [0.2, 0.25) is 0 Å². The summed E-state index contributed by atoms with van der Waals surface area (Å²) in [4.78, 5) is 4.16. The number of aromatic nitrogens is 4. The van der Waals surface area contributed by atoms with Gasteiger partial charge >= 0.3 is 0 Å². The second-order valence-corrected chi connectivity index (χ2v) is 5.55. The molecule has 26 heavy (non-hydrogen) atoms. The minimum atomic E-state index is -0.776. The summed E-state index contributed by atoms with van der Waals surface area (Å²) in [6.07, 6.45) is 3.15. The zero-order chi connectivity index (χ0) is 18.1. The molecule has 4 rings (SSSR count). The fourth-order valence-electron chi connectivity index (χ4n) is 2.61. The lowest BCUT2D eigenvalue weighted by Crippen LogP contribution is -1.99. The smallest absolute Gasteiger partial charge is 0.136 e. The summed E-state index contributed by atoms with van der Waals surface area (Å²) in [5.41, 5.74) is 1.29. The van der Waals surface area contributed by atoms with Crippen LogP contribution in [0.1, 0.15) is 0 Å². The van der Waals surface area contributed by atoms with E-state index in [1.54, 1.807) is 24.4 Å². The highest BCUT2D eigenvalue weighted by atomic mass is 19.1. The maximum absolute atomic E-state index is 14.5. The minimum Gasteiger partial charge on any atom is -0.254 e. The Morgan fingerprint density at radius 3 is 2.19 bits per heavy atom. The van der Waals surface area contributed by atoms with E-state index >= 15 is 0 Å². The third-order valence-corrected chi connectivity index (χ3v) is 3.85. The molecule has 0 amide bonds. The van der Waals surface area contributed by atoms with E-state index in [2.05, 4.69) is 15.3 Å². The number of benzene rings is 2. The summed E-state index contributed by atoms with van der Waals surface area (Å²) in [5.74, 6) is -2.03. The monoisotopic (exact) mass is 352 g/mol. The van der Waals surface area contributed by atoms with E-state index < -0.39 is 17.5 Å². The van der Waals surface area contributed by atoms with Crippen LogP contribution in [0, 0.1) is 17.5 Å². The number of hydrogen-bond donors (Lipinski definition) is 0. The molecule has 0 fully saturated rings. The first-order chi connectivity index (χ1) is 12.6. The Morgan fingerprint density at radius 1 is 0.808 bits per heavy atom. The molecular weight excluding hydrogens is 341 g/mol. The van der Waals surface area contributed by atoms with E-state index in [0.29, 0.717) is 11.4 Å². The SMILES string of the molecule is Fc1ccc(-c2c(F)cc(-n3cc(-c4ccccn4)nn3)cc2F)cc1. The average molecular weight is 352 g/mol. The lowest BCUT2D eigenvalue weighted by Gasteiger charge is -2.08. The standard InChI is InChI=1S/C19H11F3N4/c20-13-6-4-12(5-7-13)19-15(21)9-14(10-16(19)22)26-11-18(24-25-26)17-3-1-2-8-23-17/h1-11H. The minimum absolute atomic E-state index is 0.181. The van der Waals surface area contributed by atoms with E-state index in [1.807, 2.05) is 0 Å². The number of nitrogens with zero attached hydrogens (tertiary/aromatic N) is 4. The molecule has 2 heterocycles. The van der Waals surface area contributed by atoms with Crippen LogP contribution in [-0.4, -0.2) is 20.0 Å². The van der Waals surface area contributed by atoms with Gasteiger partial charge in [0.15, 0.2) is 0 Å². The van der Waals surface area contributed by atoms with E-state index in [1.165, 1.54) is 23.0 Å². The zero-order valence-electron chi connectivity index (χ0n) is 13.3. The van der Waals surface area contributed by atoms with Gasteiger partial charge in [0, 0.05) is 18.3 Å². The van der Waals surface area contributed by atoms with Crippen LogP contribution < -0.4 is 0 Å². The highest BCUT2D eigenvalue weighted by Gasteiger charge is 2.15. The third-order valence-electron chi connectivity index (χ3n) is 3.85. The molecule has 0 N–H and O–H groups in total. The maximum atomic E-state index is 14.5. The molecule has 0 aliphatic rings. The summed E-state index contributed by atoms with van der Waals surface area (Å²) < 4.78 is 43.3. The molecule has 0 radical (unpaired) electrons. The van der Waals surface area contributed by atoms with Gasteiger partial charge in [-0.25, -0.2) is 17.9 Å². The van der Waals surface area contributed by atoms with E-state index in [9.17, 15) is 13.2 Å². The van der Waals surface area contributed by atoms with Gasteiger partial charge in [-0.05, 0) is 29.8 Å². The lowest BCUT2D eigenvalue weighted by molar-refractivity contribution is 0.585. The van der Waals surface area contributed by atoms with Crippen LogP contribution in [0.15, 0.2) is 67.0 Å². The van der Waals surface area contributed by atoms with Gasteiger partial charge in [0.25, 0.3) is 0 Å². The van der Waals surface area contributed by atoms with Crippen molar-refractivity contribution < 1.29 is 13.2 Å². The largest absolute Gasteiger partial charge is 0.254 e. The second-order valence-electron chi connectivity index (χ2n) is 5.55. The normalized spacial score (nSPS) is 10.9. The highest BCUT2D eigenvalue weighted by molar-refractivity contribution is 5.66. The van der Waals surface area contributed by atoms with E-state index in [0.717, 1.165) is 24.3 Å². The van der Waals surface area contributed by atoms with Crippen LogP contribution in [0.25, 0.3) is 28.2 Å². The van der Waals surface area contributed by atoms with Crippen LogP contribution in [0.3, 0.4) is 0 Å². The predicted octanol–water partition coefficient (Wildman–Crippen LogP) is 4.41. The van der Waals surface area contributed by atoms with Crippen LogP contribution in [0.4, 0.5) is 13.2 Å². The summed E-state index contributed by atoms with van der Waals surface area (Å²) in [5, 5.41) is 7.88. The van der Waals surface area contributed by atoms with Gasteiger partial charge in [0.05, 0.1) is 23.1 Å². The predicted molar refractivity (Wildman–Crippen MR) is 89.9 cm³/mol. The van der Waals surface area contributed by atoms with Crippen molar-refractivity contribution in [2.45, 2.75) is 0 Å². The Hall–Kier alpha value is -3.48. The van der Waals surface area contributed by atoms with Crippen LogP contribution in [0.5, 0.6) is 0 Å². The van der Waals surface area contributed by atoms with Crippen molar-refractivity contribution in [2.24, 2.45) is 0 Å². The number of halogens is 3. The van der Waals surface area contributed by atoms with Gasteiger partial charge < -0.3 is 0 Å². The Morgan fingerprint density at radius 2 is 1.54 bits per heavy atom. The van der Waals surface area contributed by atoms with Gasteiger partial charge in [0.1, 0.15) is 23.1 Å². The molecule has 2 aromatic heterocycles. The zero-order valence-corrected chi connectivity index (χ0v) is 13.3. The Bertz CT molecular complexity index is 1040. The molecule has 4 nitrogen and oxygen atoms in total. The molecule has 0 saturated carbocycles. The van der Waals surface area contributed by atoms with E-state index in [4.69, 9.17) is 0 Å². The van der Waals surface area contributed by atoms with Crippen LogP contribution >= 0.6 is 0 Å². The van der Waals surface area contributed by atoms with Crippen molar-refractivity contribution in [3.05, 3.63) is 84.4 Å². The van der Waals surface area contributed by atoms with Gasteiger partial charge in [-0.15, -0.1) is 5.10 Å². The fraction of sp³-hybridized carbons (Fsp3) is 0. The van der Waals surface area contributed by atoms with Crippen LogP contribution in [-0.2, 0) is 0 Å². The topological polar surface area (TPSA) is 43.6 Å². The van der Waals surface area contributed by atoms with Crippen molar-refractivity contribution in [1.29, 1.82) is 0 Å². The van der Waals surface area contributed by atoms with Crippen molar-refractivity contribution >= 4 is 0 Å². The first kappa shape index (κ1) is 16.0. The maximum Gasteiger partial charge on any atom is 0.136 e. The molecule has 0 saturated heterocycles. The lowest BCUT2D eigenvalue weighted by atomic mass is 10.0. The first-order valence-corrected chi connectivity index (χ1v) is 7.71. The van der Waals surface area contributed by atoms with Gasteiger partial charge in [0.2, 0.25) is 0 Å². The Kier molecular flexibility index (Phi) is 3.96. The Balaban J connectivity index is 1.73. The molecule has 128 valence electrons. The molecule has 0 spiro atoms. The molecule has 0 aliphatic heterocycles. The third kappa shape index (κ3) is 2.95. The first-order valence-electron chi connectivity index (χ1n) is 7.71. The summed E-state index contributed by atoms with van der Waals surface area (Å²) in [7, 11) is 0. The van der Waals surface area contributed by atoms with Crippen molar-refractivity contribution in [3.63, 3.8) is 0 Å². The molecule has 0 atom stereocenters. The van der Waals surface area contributed by atoms with Gasteiger partial charge in [-0.2, -0.15) is 0 Å². The van der Waals surface area contributed by atoms with Crippen molar-refractivity contribution in [1.82, 2.24) is 20.0 Å².